The van der Waals surface area contributed by atoms with E-state index in [0.717, 1.165) is 30.0 Å². The van der Waals surface area contributed by atoms with Crippen LogP contribution in [-0.2, 0) is 11.2 Å². The first-order valence-electron chi connectivity index (χ1n) is 7.46. The normalized spacial score (nSPS) is 15.3. The monoisotopic (exact) mass is 331 g/mol. The van der Waals surface area contributed by atoms with E-state index >= 15 is 0 Å². The molecular weight excluding hydrogens is 314 g/mol. The number of hydrogen-bond acceptors (Lipinski definition) is 2. The molecule has 2 nitrogen and oxygen atoms in total. The first kappa shape index (κ1) is 15.4. The maximum Gasteiger partial charge on any atom is 0.240 e. The summed E-state index contributed by atoms with van der Waals surface area (Å²) in [6, 6.07) is 15.8. The first-order chi connectivity index (χ1) is 10.6. The summed E-state index contributed by atoms with van der Waals surface area (Å²) in [5, 5.41) is 0.598. The molecule has 0 N–H and O–H groups in total. The van der Waals surface area contributed by atoms with Crippen molar-refractivity contribution in [1.82, 2.24) is 0 Å². The zero-order chi connectivity index (χ0) is 15.5. The van der Waals surface area contributed by atoms with E-state index in [0.29, 0.717) is 5.02 Å². The van der Waals surface area contributed by atoms with E-state index in [2.05, 4.69) is 6.07 Å². The molecule has 1 heterocycles. The minimum absolute atomic E-state index is 0.118. The third-order valence-electron chi connectivity index (χ3n) is 3.85. The van der Waals surface area contributed by atoms with Gasteiger partial charge in [0, 0.05) is 22.2 Å². The van der Waals surface area contributed by atoms with Crippen molar-refractivity contribution in [3.8, 4) is 0 Å². The van der Waals surface area contributed by atoms with Gasteiger partial charge < -0.3 is 4.90 Å². The lowest BCUT2D eigenvalue weighted by molar-refractivity contribution is -0.117. The van der Waals surface area contributed by atoms with Crippen LogP contribution in [0.5, 0.6) is 0 Å². The molecule has 0 bridgehead atoms. The molecule has 2 aromatic carbocycles. The van der Waals surface area contributed by atoms with E-state index in [1.165, 1.54) is 5.56 Å². The smallest absolute Gasteiger partial charge is 0.240 e. The molecule has 1 aliphatic heterocycles. The number of hydrogen-bond donors (Lipinski definition) is 0. The molecule has 114 valence electrons. The standard InChI is InChI=1S/C18H18ClNOS/c1-13(22-16-10-8-15(19)9-11-16)18(21)20-12-4-6-14-5-2-3-7-17(14)20/h2-3,5,7-11,13H,4,6,12H2,1H3. The molecule has 0 saturated heterocycles. The van der Waals surface area contributed by atoms with E-state index < -0.39 is 0 Å². The molecule has 0 saturated carbocycles. The highest BCUT2D eigenvalue weighted by Crippen LogP contribution is 2.31. The molecule has 0 aliphatic carbocycles. The van der Waals surface area contributed by atoms with Crippen molar-refractivity contribution in [2.45, 2.75) is 29.9 Å². The number of benzene rings is 2. The minimum atomic E-state index is -0.118. The summed E-state index contributed by atoms with van der Waals surface area (Å²) in [4.78, 5) is 15.8. The van der Waals surface area contributed by atoms with Crippen LogP contribution in [0.25, 0.3) is 0 Å². The Hall–Kier alpha value is -1.45. The van der Waals surface area contributed by atoms with Crippen LogP contribution in [0.1, 0.15) is 18.9 Å². The second-order valence-electron chi connectivity index (χ2n) is 5.44. The Kier molecular flexibility index (Phi) is 4.74. The highest BCUT2D eigenvalue weighted by molar-refractivity contribution is 8.00. The number of thioether (sulfide) groups is 1. The highest BCUT2D eigenvalue weighted by Gasteiger charge is 2.26. The quantitative estimate of drug-likeness (QED) is 0.753. The second-order valence-corrected chi connectivity index (χ2v) is 7.29. The predicted octanol–water partition coefficient (Wildman–Crippen LogP) is 4.80. The summed E-state index contributed by atoms with van der Waals surface area (Å²) in [6.45, 7) is 2.78. The Morgan fingerprint density at radius 2 is 1.91 bits per heavy atom. The largest absolute Gasteiger partial charge is 0.311 e. The molecule has 1 amide bonds. The van der Waals surface area contributed by atoms with Gasteiger partial charge in [-0.25, -0.2) is 0 Å². The van der Waals surface area contributed by atoms with Gasteiger partial charge >= 0.3 is 0 Å². The zero-order valence-electron chi connectivity index (χ0n) is 12.5. The molecule has 1 aliphatic rings. The van der Waals surface area contributed by atoms with Crippen molar-refractivity contribution < 1.29 is 4.79 Å². The topological polar surface area (TPSA) is 20.3 Å². The summed E-state index contributed by atoms with van der Waals surface area (Å²) in [5.74, 6) is 0.173. The molecule has 3 rings (SSSR count). The van der Waals surface area contributed by atoms with Gasteiger partial charge in [-0.05, 0) is 55.7 Å². The van der Waals surface area contributed by atoms with Crippen LogP contribution in [0.3, 0.4) is 0 Å². The predicted molar refractivity (Wildman–Crippen MR) is 93.9 cm³/mol. The zero-order valence-corrected chi connectivity index (χ0v) is 14.0. The van der Waals surface area contributed by atoms with Crippen molar-refractivity contribution in [2.75, 3.05) is 11.4 Å². The molecule has 0 aromatic heterocycles. The summed E-state index contributed by atoms with van der Waals surface area (Å²) in [5.41, 5.74) is 2.34. The average Bonchev–Trinajstić information content (AvgIpc) is 2.55. The second kappa shape index (κ2) is 6.76. The van der Waals surface area contributed by atoms with Gasteiger partial charge in [0.1, 0.15) is 0 Å². The minimum Gasteiger partial charge on any atom is -0.311 e. The van der Waals surface area contributed by atoms with Gasteiger partial charge in [-0.1, -0.05) is 29.8 Å². The number of anilines is 1. The van der Waals surface area contributed by atoms with Gasteiger partial charge in [-0.15, -0.1) is 11.8 Å². The summed E-state index contributed by atoms with van der Waals surface area (Å²) in [7, 11) is 0. The fraction of sp³-hybridized carbons (Fsp3) is 0.278. The molecule has 0 spiro atoms. The molecule has 2 aromatic rings. The molecule has 4 heteroatoms. The Morgan fingerprint density at radius 1 is 1.18 bits per heavy atom. The fourth-order valence-corrected chi connectivity index (χ4v) is 3.81. The van der Waals surface area contributed by atoms with Crippen molar-refractivity contribution in [3.05, 3.63) is 59.1 Å². The third kappa shape index (κ3) is 3.31. The number of fused-ring (bicyclic) bond motifs is 1. The third-order valence-corrected chi connectivity index (χ3v) is 5.20. The summed E-state index contributed by atoms with van der Waals surface area (Å²) >= 11 is 7.48. The van der Waals surface area contributed by atoms with Crippen molar-refractivity contribution in [2.24, 2.45) is 0 Å². The average molecular weight is 332 g/mol. The van der Waals surface area contributed by atoms with Gasteiger partial charge in [-0.2, -0.15) is 0 Å². The Bertz CT molecular complexity index is 671. The number of halogens is 1. The molecule has 1 atom stereocenters. The van der Waals surface area contributed by atoms with Crippen LogP contribution in [-0.4, -0.2) is 17.7 Å². The van der Waals surface area contributed by atoms with Crippen LogP contribution in [0, 0.1) is 0 Å². The van der Waals surface area contributed by atoms with Gasteiger partial charge in [0.15, 0.2) is 0 Å². The van der Waals surface area contributed by atoms with E-state index in [9.17, 15) is 4.79 Å². The Labute approximate surface area is 140 Å². The molecule has 1 unspecified atom stereocenters. The van der Waals surface area contributed by atoms with Crippen LogP contribution in [0.4, 0.5) is 5.69 Å². The number of carbonyl (C=O) groups is 1. The van der Waals surface area contributed by atoms with Gasteiger partial charge in [0.25, 0.3) is 0 Å². The van der Waals surface area contributed by atoms with Crippen LogP contribution >= 0.6 is 23.4 Å². The lowest BCUT2D eigenvalue weighted by Crippen LogP contribution is -2.40. The molecule has 0 fully saturated rings. The van der Waals surface area contributed by atoms with Crippen molar-refractivity contribution in [3.63, 3.8) is 0 Å². The van der Waals surface area contributed by atoms with Gasteiger partial charge in [-0.3, -0.25) is 4.79 Å². The van der Waals surface area contributed by atoms with Crippen molar-refractivity contribution in [1.29, 1.82) is 0 Å². The number of para-hydroxylation sites is 1. The SMILES string of the molecule is CC(Sc1ccc(Cl)cc1)C(=O)N1CCCc2ccccc21. The van der Waals surface area contributed by atoms with Gasteiger partial charge in [0.2, 0.25) is 5.91 Å². The first-order valence-corrected chi connectivity index (χ1v) is 8.72. The van der Waals surface area contributed by atoms with Crippen LogP contribution in [0.15, 0.2) is 53.4 Å². The maximum absolute atomic E-state index is 12.8. The van der Waals surface area contributed by atoms with E-state index in [1.54, 1.807) is 11.8 Å². The van der Waals surface area contributed by atoms with Crippen LogP contribution in [0.2, 0.25) is 5.02 Å². The van der Waals surface area contributed by atoms with Crippen LogP contribution < -0.4 is 4.90 Å². The Morgan fingerprint density at radius 3 is 2.68 bits per heavy atom. The van der Waals surface area contributed by atoms with E-state index in [1.807, 2.05) is 54.3 Å². The van der Waals surface area contributed by atoms with E-state index in [4.69, 9.17) is 11.6 Å². The summed E-state index contributed by atoms with van der Waals surface area (Å²) in [6.07, 6.45) is 2.08. The molecule has 0 radical (unpaired) electrons. The number of aryl methyl sites for hydroxylation is 1. The highest BCUT2D eigenvalue weighted by atomic mass is 35.5. The number of rotatable bonds is 3. The lowest BCUT2D eigenvalue weighted by Gasteiger charge is -2.31. The Balaban J connectivity index is 1.75. The lowest BCUT2D eigenvalue weighted by atomic mass is 10.0. The summed E-state index contributed by atoms with van der Waals surface area (Å²) < 4.78 is 0. The molecule has 22 heavy (non-hydrogen) atoms. The fourth-order valence-electron chi connectivity index (χ4n) is 2.75. The number of carbonyl (C=O) groups excluding carboxylic acids is 1. The molecular formula is C18H18ClNOS. The maximum atomic E-state index is 12.8. The van der Waals surface area contributed by atoms with E-state index in [-0.39, 0.29) is 11.2 Å². The number of nitrogens with zero attached hydrogens (tertiary/aromatic N) is 1. The number of amides is 1. The van der Waals surface area contributed by atoms with Gasteiger partial charge in [0.05, 0.1) is 5.25 Å². The van der Waals surface area contributed by atoms with Crippen molar-refractivity contribution >= 4 is 35.0 Å².